The smallest absolute Gasteiger partial charge is 0.329 e. The molecule has 1 N–H and O–H groups in total. The van der Waals surface area contributed by atoms with E-state index in [2.05, 4.69) is 9.88 Å². The van der Waals surface area contributed by atoms with Crippen LogP contribution in [0.4, 0.5) is 17.6 Å². The molecule has 0 saturated carbocycles. The highest BCUT2D eigenvalue weighted by Gasteiger charge is 2.34. The van der Waals surface area contributed by atoms with Gasteiger partial charge in [0.2, 0.25) is 5.56 Å². The minimum absolute atomic E-state index is 0.133. The molecule has 2 heterocycles. The van der Waals surface area contributed by atoms with Gasteiger partial charge in [-0.25, -0.2) is 4.39 Å². The van der Waals surface area contributed by atoms with Crippen molar-refractivity contribution in [3.63, 3.8) is 0 Å². The second-order valence-electron chi connectivity index (χ2n) is 6.35. The van der Waals surface area contributed by atoms with E-state index in [1.165, 1.54) is 6.07 Å². The van der Waals surface area contributed by atoms with Gasteiger partial charge < -0.3 is 4.98 Å². The highest BCUT2D eigenvalue weighted by molar-refractivity contribution is 5.27. The average molecular weight is 354 g/mol. The van der Waals surface area contributed by atoms with Crippen molar-refractivity contribution in [2.24, 2.45) is 0 Å². The van der Waals surface area contributed by atoms with E-state index in [-0.39, 0.29) is 11.5 Å². The number of hydrogen-bond donors (Lipinski definition) is 1. The molecule has 3 rings (SSSR count). The Bertz CT molecular complexity index is 792. The molecule has 0 atom stereocenters. The largest absolute Gasteiger partial charge is 0.419 e. The summed E-state index contributed by atoms with van der Waals surface area (Å²) < 4.78 is 51.7. The summed E-state index contributed by atoms with van der Waals surface area (Å²) in [6.45, 7) is 1.79. The van der Waals surface area contributed by atoms with E-state index in [0.29, 0.717) is 12.1 Å². The molecule has 2 aromatic rings. The van der Waals surface area contributed by atoms with Crippen molar-refractivity contribution in [1.82, 2.24) is 9.88 Å². The van der Waals surface area contributed by atoms with Gasteiger partial charge in [0.25, 0.3) is 0 Å². The topological polar surface area (TPSA) is 36.1 Å². The zero-order valence-electron chi connectivity index (χ0n) is 13.4. The zero-order chi connectivity index (χ0) is 18.0. The molecule has 0 radical (unpaired) electrons. The molecule has 0 aliphatic carbocycles. The number of aromatic amines is 1. The predicted molar refractivity (Wildman–Crippen MR) is 85.7 cm³/mol. The number of benzene rings is 1. The lowest BCUT2D eigenvalue weighted by Crippen LogP contribution is -2.32. The molecule has 134 valence electrons. The van der Waals surface area contributed by atoms with Crippen LogP contribution in [0.5, 0.6) is 0 Å². The van der Waals surface area contributed by atoms with Crippen molar-refractivity contribution in [3.05, 3.63) is 69.4 Å². The molecule has 0 unspecified atom stereocenters. The minimum Gasteiger partial charge on any atom is -0.329 e. The Hall–Kier alpha value is -2.15. The first-order valence-electron chi connectivity index (χ1n) is 8.09. The lowest BCUT2D eigenvalue weighted by atomic mass is 9.90. The first-order chi connectivity index (χ1) is 11.8. The van der Waals surface area contributed by atoms with Gasteiger partial charge >= 0.3 is 6.18 Å². The van der Waals surface area contributed by atoms with Crippen LogP contribution < -0.4 is 5.56 Å². The Morgan fingerprint density at radius 3 is 2.48 bits per heavy atom. The molecule has 0 spiro atoms. The maximum Gasteiger partial charge on any atom is 0.419 e. The highest BCUT2D eigenvalue weighted by atomic mass is 19.4. The SMILES string of the molecule is O=c1cc(C2CCN(Cc3ccc(F)c(C(F)(F)F)c3)CC2)cc[nH]1. The molecule has 25 heavy (non-hydrogen) atoms. The monoisotopic (exact) mass is 354 g/mol. The van der Waals surface area contributed by atoms with Crippen molar-refractivity contribution in [3.8, 4) is 0 Å². The normalized spacial score (nSPS) is 17.0. The number of nitrogens with zero attached hydrogens (tertiary/aromatic N) is 1. The standard InChI is InChI=1S/C18H18F4N2O/c19-16-2-1-12(9-15(16)18(20,21)22)11-24-7-4-13(5-8-24)14-3-6-23-17(25)10-14/h1-3,6,9-10,13H,4-5,7-8,11H2,(H,23,25). The van der Waals surface area contributed by atoms with Crippen molar-refractivity contribution in [1.29, 1.82) is 0 Å². The summed E-state index contributed by atoms with van der Waals surface area (Å²) in [6, 6.07) is 6.64. The van der Waals surface area contributed by atoms with Gasteiger partial charge in [0.15, 0.2) is 0 Å². The third-order valence-electron chi connectivity index (χ3n) is 4.60. The molecule has 1 aromatic heterocycles. The van der Waals surface area contributed by atoms with E-state index >= 15 is 0 Å². The van der Waals surface area contributed by atoms with Gasteiger partial charge in [0.05, 0.1) is 5.56 Å². The quantitative estimate of drug-likeness (QED) is 0.849. The number of aromatic nitrogens is 1. The molecule has 7 heteroatoms. The van der Waals surface area contributed by atoms with Crippen LogP contribution in [-0.4, -0.2) is 23.0 Å². The van der Waals surface area contributed by atoms with Gasteiger partial charge in [-0.2, -0.15) is 13.2 Å². The van der Waals surface area contributed by atoms with Crippen LogP contribution in [0.3, 0.4) is 0 Å². The highest BCUT2D eigenvalue weighted by Crippen LogP contribution is 2.33. The average Bonchev–Trinajstić information content (AvgIpc) is 2.56. The zero-order valence-corrected chi connectivity index (χ0v) is 13.4. The van der Waals surface area contributed by atoms with Crippen LogP contribution >= 0.6 is 0 Å². The van der Waals surface area contributed by atoms with E-state index in [1.54, 1.807) is 12.3 Å². The van der Waals surface area contributed by atoms with Crippen LogP contribution in [0, 0.1) is 5.82 Å². The molecule has 0 amide bonds. The lowest BCUT2D eigenvalue weighted by Gasteiger charge is -2.32. The van der Waals surface area contributed by atoms with E-state index in [4.69, 9.17) is 0 Å². The Labute approximate surface area is 142 Å². The number of halogens is 4. The summed E-state index contributed by atoms with van der Waals surface area (Å²) in [5, 5.41) is 0. The summed E-state index contributed by atoms with van der Waals surface area (Å²) in [5.41, 5.74) is 0.0854. The summed E-state index contributed by atoms with van der Waals surface area (Å²) in [6.07, 6.45) is -1.40. The van der Waals surface area contributed by atoms with Crippen molar-refractivity contribution < 1.29 is 17.6 Å². The fourth-order valence-electron chi connectivity index (χ4n) is 3.29. The maximum atomic E-state index is 13.4. The van der Waals surface area contributed by atoms with Gasteiger partial charge in [-0.1, -0.05) is 6.07 Å². The summed E-state index contributed by atoms with van der Waals surface area (Å²) in [7, 11) is 0. The summed E-state index contributed by atoms with van der Waals surface area (Å²) in [5.74, 6) is -0.971. The second-order valence-corrected chi connectivity index (χ2v) is 6.35. The molecule has 3 nitrogen and oxygen atoms in total. The van der Waals surface area contributed by atoms with Crippen LogP contribution in [-0.2, 0) is 12.7 Å². The summed E-state index contributed by atoms with van der Waals surface area (Å²) in [4.78, 5) is 16.0. The van der Waals surface area contributed by atoms with E-state index < -0.39 is 17.6 Å². The molecule has 1 aliphatic rings. The number of rotatable bonds is 3. The van der Waals surface area contributed by atoms with Crippen LogP contribution in [0.2, 0.25) is 0 Å². The number of likely N-dealkylation sites (tertiary alicyclic amines) is 1. The third kappa shape index (κ3) is 4.28. The van der Waals surface area contributed by atoms with Gasteiger partial charge in [-0.15, -0.1) is 0 Å². The Morgan fingerprint density at radius 1 is 1.12 bits per heavy atom. The summed E-state index contributed by atoms with van der Waals surface area (Å²) >= 11 is 0. The number of pyridine rings is 1. The number of piperidine rings is 1. The predicted octanol–water partition coefficient (Wildman–Crippen LogP) is 3.91. The number of alkyl halides is 3. The Balaban J connectivity index is 1.64. The van der Waals surface area contributed by atoms with Gasteiger partial charge in [-0.05, 0) is 61.2 Å². The molecule has 1 aromatic carbocycles. The van der Waals surface area contributed by atoms with Gasteiger partial charge in [0, 0.05) is 18.8 Å². The molecule has 0 bridgehead atoms. The van der Waals surface area contributed by atoms with E-state index in [0.717, 1.165) is 43.6 Å². The molecule has 1 saturated heterocycles. The molecule has 1 aliphatic heterocycles. The molecular formula is C18H18F4N2O. The first-order valence-corrected chi connectivity index (χ1v) is 8.09. The van der Waals surface area contributed by atoms with E-state index in [9.17, 15) is 22.4 Å². The third-order valence-corrected chi connectivity index (χ3v) is 4.60. The maximum absolute atomic E-state index is 13.4. The van der Waals surface area contributed by atoms with Crippen molar-refractivity contribution in [2.45, 2.75) is 31.5 Å². The Kier molecular flexibility index (Phi) is 4.94. The lowest BCUT2D eigenvalue weighted by molar-refractivity contribution is -0.140. The fraction of sp³-hybridized carbons (Fsp3) is 0.389. The first kappa shape index (κ1) is 17.7. The molecular weight excluding hydrogens is 336 g/mol. The van der Waals surface area contributed by atoms with Gasteiger partial charge in [0.1, 0.15) is 5.82 Å². The van der Waals surface area contributed by atoms with Gasteiger partial charge in [-0.3, -0.25) is 9.69 Å². The number of nitrogens with one attached hydrogen (secondary N) is 1. The Morgan fingerprint density at radius 2 is 1.84 bits per heavy atom. The van der Waals surface area contributed by atoms with Crippen LogP contribution in [0.15, 0.2) is 41.3 Å². The minimum atomic E-state index is -4.69. The van der Waals surface area contributed by atoms with E-state index in [1.807, 2.05) is 6.07 Å². The van der Waals surface area contributed by atoms with Crippen molar-refractivity contribution >= 4 is 0 Å². The number of hydrogen-bond acceptors (Lipinski definition) is 2. The van der Waals surface area contributed by atoms with Crippen LogP contribution in [0.1, 0.15) is 35.4 Å². The van der Waals surface area contributed by atoms with Crippen molar-refractivity contribution in [2.75, 3.05) is 13.1 Å². The fourth-order valence-corrected chi connectivity index (χ4v) is 3.29. The second kappa shape index (κ2) is 7.00. The van der Waals surface area contributed by atoms with Crippen LogP contribution in [0.25, 0.3) is 0 Å². The molecule has 1 fully saturated rings. The number of H-pyrrole nitrogens is 1.